The van der Waals surface area contributed by atoms with E-state index in [1.807, 2.05) is 46.7 Å². The number of H-pyrrole nitrogens is 1. The van der Waals surface area contributed by atoms with E-state index in [0.29, 0.717) is 24.5 Å². The van der Waals surface area contributed by atoms with Crippen LogP contribution in [-0.2, 0) is 4.79 Å². The second kappa shape index (κ2) is 8.78. The zero-order valence-corrected chi connectivity index (χ0v) is 20.1. The number of aromatic amines is 1. The second-order valence-electron chi connectivity index (χ2n) is 9.71. The monoisotopic (exact) mass is 484 g/mol. The van der Waals surface area contributed by atoms with Crippen LogP contribution >= 0.6 is 0 Å². The minimum Gasteiger partial charge on any atom is -0.382 e. The number of carbonyl (C=O) groups is 2. The standard InChI is InChI=1S/C26H28N8O2/c1-15-11-29-20-7-6-18(14-34(15)20)21-22(19-3-2-9-28-19)32-24(27)23(31-21)25(35)30-12-16-8-10-33(13-16)26(36)17-4-5-17/h2-3,6-7,9,11,14,16-17,28H,4-5,8,10,12-13H2,1H3,(H2,27,32)(H,30,35)/t16-/m0/s1. The van der Waals surface area contributed by atoms with Crippen molar-refractivity contribution in [1.29, 1.82) is 0 Å². The SMILES string of the molecule is Cc1cnc2ccc(-c3nc(C(=O)NC[C@@H]4CCN(C(=O)C5CC5)C4)c(N)nc3-c3ccc[nH]3)cn12. The summed E-state index contributed by atoms with van der Waals surface area (Å²) in [6, 6.07) is 7.59. The average Bonchev–Trinajstić information content (AvgIpc) is 3.24. The predicted molar refractivity (Wildman–Crippen MR) is 135 cm³/mol. The van der Waals surface area contributed by atoms with E-state index in [4.69, 9.17) is 10.7 Å². The third-order valence-corrected chi connectivity index (χ3v) is 7.03. The van der Waals surface area contributed by atoms with Crippen LogP contribution < -0.4 is 11.1 Å². The van der Waals surface area contributed by atoms with Gasteiger partial charge in [0, 0.05) is 55.4 Å². The molecule has 5 heterocycles. The molecule has 0 radical (unpaired) electrons. The Morgan fingerprint density at radius 1 is 1.17 bits per heavy atom. The highest BCUT2D eigenvalue weighted by molar-refractivity contribution is 5.98. The van der Waals surface area contributed by atoms with Crippen molar-refractivity contribution >= 4 is 23.3 Å². The molecule has 4 N–H and O–H groups in total. The number of hydrogen-bond acceptors (Lipinski definition) is 6. The zero-order valence-electron chi connectivity index (χ0n) is 20.1. The van der Waals surface area contributed by atoms with Gasteiger partial charge in [-0.25, -0.2) is 15.0 Å². The van der Waals surface area contributed by atoms with E-state index in [2.05, 4.69) is 20.3 Å². The topological polar surface area (TPSA) is 134 Å². The predicted octanol–water partition coefficient (Wildman–Crippen LogP) is 2.67. The number of nitrogens with one attached hydrogen (secondary N) is 2. The lowest BCUT2D eigenvalue weighted by atomic mass is 10.1. The van der Waals surface area contributed by atoms with Gasteiger partial charge in [0.1, 0.15) is 17.0 Å². The highest BCUT2D eigenvalue weighted by atomic mass is 16.2. The molecule has 1 aliphatic carbocycles. The van der Waals surface area contributed by atoms with E-state index in [1.165, 1.54) is 0 Å². The molecule has 1 aliphatic heterocycles. The Balaban J connectivity index is 1.27. The Bertz CT molecular complexity index is 1450. The summed E-state index contributed by atoms with van der Waals surface area (Å²) < 4.78 is 1.97. The van der Waals surface area contributed by atoms with Crippen LogP contribution in [0.4, 0.5) is 5.82 Å². The second-order valence-corrected chi connectivity index (χ2v) is 9.71. The summed E-state index contributed by atoms with van der Waals surface area (Å²) in [5, 5.41) is 2.97. The Morgan fingerprint density at radius 2 is 2.03 bits per heavy atom. The van der Waals surface area contributed by atoms with Gasteiger partial charge in [0.15, 0.2) is 11.5 Å². The van der Waals surface area contributed by atoms with E-state index in [1.54, 1.807) is 12.4 Å². The number of nitrogens with two attached hydrogens (primary N) is 1. The number of hydrogen-bond donors (Lipinski definition) is 3. The van der Waals surface area contributed by atoms with Gasteiger partial charge in [-0.2, -0.15) is 0 Å². The van der Waals surface area contributed by atoms with Crippen LogP contribution in [0.25, 0.3) is 28.3 Å². The van der Waals surface area contributed by atoms with Crippen LogP contribution in [0.1, 0.15) is 35.4 Å². The van der Waals surface area contributed by atoms with Crippen LogP contribution in [0, 0.1) is 18.8 Å². The van der Waals surface area contributed by atoms with Crippen molar-refractivity contribution in [1.82, 2.24) is 34.6 Å². The fourth-order valence-corrected chi connectivity index (χ4v) is 4.83. The first-order chi connectivity index (χ1) is 17.5. The highest BCUT2D eigenvalue weighted by Crippen LogP contribution is 2.33. The number of fused-ring (bicyclic) bond motifs is 1. The molecule has 10 nitrogen and oxygen atoms in total. The lowest BCUT2D eigenvalue weighted by molar-refractivity contribution is -0.131. The number of anilines is 1. The van der Waals surface area contributed by atoms with Crippen molar-refractivity contribution in [3.05, 3.63) is 54.2 Å². The molecule has 1 saturated heterocycles. The highest BCUT2D eigenvalue weighted by Gasteiger charge is 2.36. The molecule has 0 aromatic carbocycles. The quantitative estimate of drug-likeness (QED) is 0.385. The summed E-state index contributed by atoms with van der Waals surface area (Å²) in [6.07, 6.45) is 8.43. The van der Waals surface area contributed by atoms with Crippen molar-refractivity contribution in [3.8, 4) is 22.6 Å². The van der Waals surface area contributed by atoms with Crippen molar-refractivity contribution in [2.24, 2.45) is 11.8 Å². The number of rotatable bonds is 6. The first-order valence-corrected chi connectivity index (χ1v) is 12.3. The molecule has 4 aromatic heterocycles. The van der Waals surface area contributed by atoms with Crippen LogP contribution in [0.3, 0.4) is 0 Å². The Hall–Kier alpha value is -4.21. The van der Waals surface area contributed by atoms with E-state index >= 15 is 0 Å². The first kappa shape index (κ1) is 22.3. The molecule has 6 rings (SSSR count). The van der Waals surface area contributed by atoms with Gasteiger partial charge in [-0.1, -0.05) is 0 Å². The molecule has 0 unspecified atom stereocenters. The van der Waals surface area contributed by atoms with Crippen LogP contribution in [-0.4, -0.2) is 60.7 Å². The third-order valence-electron chi connectivity index (χ3n) is 7.03. The molecule has 36 heavy (non-hydrogen) atoms. The Labute approximate surface area is 208 Å². The number of aryl methyl sites for hydroxylation is 1. The molecule has 2 fully saturated rings. The van der Waals surface area contributed by atoms with Gasteiger partial charge in [-0.05, 0) is 56.4 Å². The number of nitrogen functional groups attached to an aromatic ring is 1. The van der Waals surface area contributed by atoms with E-state index in [0.717, 1.165) is 48.4 Å². The van der Waals surface area contributed by atoms with Gasteiger partial charge in [-0.3, -0.25) is 9.59 Å². The average molecular weight is 485 g/mol. The number of imidazole rings is 1. The van der Waals surface area contributed by atoms with Crippen molar-refractivity contribution in [3.63, 3.8) is 0 Å². The molecule has 1 saturated carbocycles. The molecule has 2 amide bonds. The third kappa shape index (κ3) is 4.08. The molecule has 1 atom stereocenters. The fourth-order valence-electron chi connectivity index (χ4n) is 4.83. The molecule has 4 aromatic rings. The lowest BCUT2D eigenvalue weighted by Gasteiger charge is -2.17. The summed E-state index contributed by atoms with van der Waals surface area (Å²) in [5.41, 5.74) is 10.8. The maximum atomic E-state index is 13.2. The minimum atomic E-state index is -0.369. The molecule has 2 aliphatic rings. The first-order valence-electron chi connectivity index (χ1n) is 12.3. The summed E-state index contributed by atoms with van der Waals surface area (Å²) in [7, 11) is 0. The normalized spacial score (nSPS) is 17.6. The molecular weight excluding hydrogens is 456 g/mol. The zero-order chi connectivity index (χ0) is 24.8. The minimum absolute atomic E-state index is 0.0673. The van der Waals surface area contributed by atoms with Gasteiger partial charge in [0.25, 0.3) is 5.91 Å². The van der Waals surface area contributed by atoms with Gasteiger partial charge in [-0.15, -0.1) is 0 Å². The molecule has 184 valence electrons. The van der Waals surface area contributed by atoms with E-state index < -0.39 is 0 Å². The number of carbonyl (C=O) groups excluding carboxylic acids is 2. The molecule has 10 heteroatoms. The summed E-state index contributed by atoms with van der Waals surface area (Å²) >= 11 is 0. The Morgan fingerprint density at radius 3 is 2.81 bits per heavy atom. The smallest absolute Gasteiger partial charge is 0.273 e. The van der Waals surface area contributed by atoms with Crippen LogP contribution in [0.2, 0.25) is 0 Å². The Kier molecular flexibility index (Phi) is 5.43. The molecule has 0 spiro atoms. The van der Waals surface area contributed by atoms with E-state index in [-0.39, 0.29) is 35.2 Å². The number of aromatic nitrogens is 5. The number of likely N-dealkylation sites (tertiary alicyclic amines) is 1. The molecule has 0 bridgehead atoms. The molecular formula is C26H28N8O2. The number of amides is 2. The summed E-state index contributed by atoms with van der Waals surface area (Å²) in [5.74, 6) is 0.392. The summed E-state index contributed by atoms with van der Waals surface area (Å²) in [6.45, 7) is 3.87. The van der Waals surface area contributed by atoms with Crippen molar-refractivity contribution < 1.29 is 9.59 Å². The van der Waals surface area contributed by atoms with Crippen LogP contribution in [0.5, 0.6) is 0 Å². The largest absolute Gasteiger partial charge is 0.382 e. The number of nitrogens with zero attached hydrogens (tertiary/aromatic N) is 5. The maximum Gasteiger partial charge on any atom is 0.273 e. The van der Waals surface area contributed by atoms with Crippen molar-refractivity contribution in [2.45, 2.75) is 26.2 Å². The van der Waals surface area contributed by atoms with Crippen molar-refractivity contribution in [2.75, 3.05) is 25.4 Å². The van der Waals surface area contributed by atoms with Gasteiger partial charge in [0.05, 0.1) is 5.69 Å². The van der Waals surface area contributed by atoms with Gasteiger partial charge >= 0.3 is 0 Å². The lowest BCUT2D eigenvalue weighted by Crippen LogP contribution is -2.34. The summed E-state index contributed by atoms with van der Waals surface area (Å²) in [4.78, 5) is 44.3. The number of pyridine rings is 1. The van der Waals surface area contributed by atoms with E-state index in [9.17, 15) is 9.59 Å². The maximum absolute atomic E-state index is 13.2. The van der Waals surface area contributed by atoms with Crippen LogP contribution in [0.15, 0.2) is 42.9 Å². The fraction of sp³-hybridized carbons (Fsp3) is 0.346. The van der Waals surface area contributed by atoms with Gasteiger partial charge < -0.3 is 25.3 Å². The van der Waals surface area contributed by atoms with Gasteiger partial charge in [0.2, 0.25) is 5.91 Å².